The van der Waals surface area contributed by atoms with Gasteiger partial charge < -0.3 is 4.90 Å². The molecule has 1 saturated heterocycles. The van der Waals surface area contributed by atoms with Crippen molar-refractivity contribution in [2.45, 2.75) is 64.7 Å². The van der Waals surface area contributed by atoms with Crippen molar-refractivity contribution in [1.29, 1.82) is 5.26 Å². The first kappa shape index (κ1) is 15.4. The summed E-state index contributed by atoms with van der Waals surface area (Å²) in [6.07, 6.45) is 10.4. The molecule has 1 amide bonds. The summed E-state index contributed by atoms with van der Waals surface area (Å²) >= 11 is 0. The molecule has 0 spiro atoms. The zero-order chi connectivity index (χ0) is 14.4. The maximum Gasteiger partial charge on any atom is 0.225 e. The van der Waals surface area contributed by atoms with Gasteiger partial charge in [0, 0.05) is 24.9 Å². The quantitative estimate of drug-likeness (QED) is 0.785. The summed E-state index contributed by atoms with van der Waals surface area (Å²) in [5, 5.41) is 8.91. The molecule has 1 aliphatic heterocycles. The third-order valence-corrected chi connectivity index (χ3v) is 5.15. The molecule has 0 unspecified atom stereocenters. The van der Waals surface area contributed by atoms with Crippen molar-refractivity contribution in [2.24, 2.45) is 17.8 Å². The molecule has 2 fully saturated rings. The molecule has 0 aromatic carbocycles. The zero-order valence-corrected chi connectivity index (χ0v) is 12.8. The van der Waals surface area contributed by atoms with Crippen molar-refractivity contribution >= 4 is 5.91 Å². The minimum Gasteiger partial charge on any atom is -0.342 e. The van der Waals surface area contributed by atoms with Crippen molar-refractivity contribution in [1.82, 2.24) is 4.90 Å². The summed E-state index contributed by atoms with van der Waals surface area (Å²) < 4.78 is 0. The predicted molar refractivity (Wildman–Crippen MR) is 79.9 cm³/mol. The summed E-state index contributed by atoms with van der Waals surface area (Å²) in [6.45, 7) is 3.85. The van der Waals surface area contributed by atoms with Gasteiger partial charge in [-0.15, -0.1) is 0 Å². The van der Waals surface area contributed by atoms with Crippen LogP contribution in [0.1, 0.15) is 64.7 Å². The van der Waals surface area contributed by atoms with Crippen molar-refractivity contribution in [3.05, 3.63) is 0 Å². The Morgan fingerprint density at radius 3 is 2.35 bits per heavy atom. The van der Waals surface area contributed by atoms with Gasteiger partial charge >= 0.3 is 0 Å². The number of piperidine rings is 1. The van der Waals surface area contributed by atoms with E-state index in [0.29, 0.717) is 5.91 Å². The Hall–Kier alpha value is -1.04. The van der Waals surface area contributed by atoms with E-state index in [9.17, 15) is 4.79 Å². The number of unbranched alkanes of at least 4 members (excludes halogenated alkanes) is 1. The lowest BCUT2D eigenvalue weighted by atomic mass is 9.79. The van der Waals surface area contributed by atoms with Crippen LogP contribution >= 0.6 is 0 Å². The molecule has 1 aliphatic carbocycles. The fourth-order valence-corrected chi connectivity index (χ4v) is 3.68. The van der Waals surface area contributed by atoms with Gasteiger partial charge in [0.05, 0.1) is 6.07 Å². The Kier molecular flexibility index (Phi) is 5.88. The molecule has 20 heavy (non-hydrogen) atoms. The van der Waals surface area contributed by atoms with Crippen LogP contribution in [-0.4, -0.2) is 23.9 Å². The predicted octanol–water partition coefficient (Wildman–Crippen LogP) is 3.75. The molecule has 3 heteroatoms. The van der Waals surface area contributed by atoms with Crippen LogP contribution in [-0.2, 0) is 4.79 Å². The zero-order valence-electron chi connectivity index (χ0n) is 12.8. The van der Waals surface area contributed by atoms with E-state index in [2.05, 4.69) is 13.0 Å². The summed E-state index contributed by atoms with van der Waals surface area (Å²) in [7, 11) is 0. The third-order valence-electron chi connectivity index (χ3n) is 5.15. The first-order valence-electron chi connectivity index (χ1n) is 8.43. The molecule has 0 aromatic heterocycles. The number of hydrogen-bond acceptors (Lipinski definition) is 2. The molecule has 0 radical (unpaired) electrons. The fraction of sp³-hybridized carbons (Fsp3) is 0.882. The molecule has 3 nitrogen and oxygen atoms in total. The normalized spacial score (nSPS) is 28.1. The maximum absolute atomic E-state index is 12.5. The van der Waals surface area contributed by atoms with Crippen LogP contribution in [0, 0.1) is 29.1 Å². The molecule has 0 bridgehead atoms. The lowest BCUT2D eigenvalue weighted by molar-refractivity contribution is -0.138. The first-order chi connectivity index (χ1) is 9.74. The van der Waals surface area contributed by atoms with Crippen molar-refractivity contribution < 1.29 is 4.79 Å². The van der Waals surface area contributed by atoms with Crippen LogP contribution in [0.5, 0.6) is 0 Å². The second kappa shape index (κ2) is 7.67. The van der Waals surface area contributed by atoms with Gasteiger partial charge in [0.1, 0.15) is 0 Å². The number of nitrogens with zero attached hydrogens (tertiary/aromatic N) is 2. The van der Waals surface area contributed by atoms with Crippen molar-refractivity contribution in [3.8, 4) is 6.07 Å². The summed E-state index contributed by atoms with van der Waals surface area (Å²) in [5.41, 5.74) is 0. The standard InChI is InChI=1S/C17H28N2O/c1-2-3-4-14-5-7-16(8-6-14)17(20)19-11-9-15(13-18)10-12-19/h14-16H,2-12H2,1H3. The molecule has 2 aliphatic rings. The highest BCUT2D eigenvalue weighted by Gasteiger charge is 2.31. The third kappa shape index (κ3) is 3.98. The highest BCUT2D eigenvalue weighted by Crippen LogP contribution is 2.33. The average Bonchev–Trinajstić information content (AvgIpc) is 2.53. The summed E-state index contributed by atoms with van der Waals surface area (Å²) in [5.74, 6) is 1.67. The smallest absolute Gasteiger partial charge is 0.225 e. The second-order valence-corrected chi connectivity index (χ2v) is 6.59. The number of nitriles is 1. The van der Waals surface area contributed by atoms with E-state index < -0.39 is 0 Å². The number of rotatable bonds is 4. The van der Waals surface area contributed by atoms with Gasteiger partial charge in [-0.3, -0.25) is 4.79 Å². The number of likely N-dealkylation sites (tertiary alicyclic amines) is 1. The van der Waals surface area contributed by atoms with E-state index in [-0.39, 0.29) is 11.8 Å². The Labute approximate surface area is 123 Å². The highest BCUT2D eigenvalue weighted by atomic mass is 16.2. The molecular formula is C17H28N2O. The minimum absolute atomic E-state index is 0.170. The maximum atomic E-state index is 12.5. The van der Waals surface area contributed by atoms with Gasteiger partial charge in [0.25, 0.3) is 0 Å². The molecular weight excluding hydrogens is 248 g/mol. The van der Waals surface area contributed by atoms with Crippen molar-refractivity contribution in [3.63, 3.8) is 0 Å². The molecule has 0 N–H and O–H groups in total. The van der Waals surface area contributed by atoms with Crippen LogP contribution < -0.4 is 0 Å². The summed E-state index contributed by atoms with van der Waals surface area (Å²) in [6, 6.07) is 2.33. The van der Waals surface area contributed by atoms with Crippen LogP contribution in [0.4, 0.5) is 0 Å². The number of hydrogen-bond donors (Lipinski definition) is 0. The van der Waals surface area contributed by atoms with Gasteiger partial charge in [-0.1, -0.05) is 26.2 Å². The van der Waals surface area contributed by atoms with Gasteiger partial charge in [-0.05, 0) is 44.4 Å². The molecule has 1 saturated carbocycles. The molecule has 1 heterocycles. The SMILES string of the molecule is CCCCC1CCC(C(=O)N2CCC(C#N)CC2)CC1. The van der Waals surface area contributed by atoms with E-state index in [1.165, 1.54) is 32.1 Å². The van der Waals surface area contributed by atoms with E-state index in [1.807, 2.05) is 4.90 Å². The van der Waals surface area contributed by atoms with Gasteiger partial charge in [0.15, 0.2) is 0 Å². The fourth-order valence-electron chi connectivity index (χ4n) is 3.68. The van der Waals surface area contributed by atoms with E-state index in [0.717, 1.165) is 44.7 Å². The minimum atomic E-state index is 0.170. The van der Waals surface area contributed by atoms with Gasteiger partial charge in [-0.25, -0.2) is 0 Å². The van der Waals surface area contributed by atoms with E-state index in [1.54, 1.807) is 0 Å². The van der Waals surface area contributed by atoms with Crippen molar-refractivity contribution in [2.75, 3.05) is 13.1 Å². The van der Waals surface area contributed by atoms with E-state index >= 15 is 0 Å². The van der Waals surface area contributed by atoms with Crippen LogP contribution in [0.2, 0.25) is 0 Å². The van der Waals surface area contributed by atoms with Crippen LogP contribution in [0.3, 0.4) is 0 Å². The molecule has 0 aromatic rings. The number of carbonyl (C=O) groups excluding carboxylic acids is 1. The molecule has 112 valence electrons. The van der Waals surface area contributed by atoms with Gasteiger partial charge in [-0.2, -0.15) is 5.26 Å². The number of carbonyl (C=O) groups is 1. The first-order valence-corrected chi connectivity index (χ1v) is 8.43. The Bertz CT molecular complexity index is 344. The average molecular weight is 276 g/mol. The van der Waals surface area contributed by atoms with E-state index in [4.69, 9.17) is 5.26 Å². The Balaban J connectivity index is 1.73. The largest absolute Gasteiger partial charge is 0.342 e. The number of amides is 1. The Morgan fingerprint density at radius 1 is 1.15 bits per heavy atom. The summed E-state index contributed by atoms with van der Waals surface area (Å²) in [4.78, 5) is 14.5. The monoisotopic (exact) mass is 276 g/mol. The van der Waals surface area contributed by atoms with Crippen LogP contribution in [0.25, 0.3) is 0 Å². The molecule has 0 atom stereocenters. The lowest BCUT2D eigenvalue weighted by Gasteiger charge is -2.35. The topological polar surface area (TPSA) is 44.1 Å². The Morgan fingerprint density at radius 2 is 1.80 bits per heavy atom. The second-order valence-electron chi connectivity index (χ2n) is 6.59. The highest BCUT2D eigenvalue weighted by molar-refractivity contribution is 5.79. The lowest BCUT2D eigenvalue weighted by Crippen LogP contribution is -2.42. The molecule has 2 rings (SSSR count). The van der Waals surface area contributed by atoms with Gasteiger partial charge in [0.2, 0.25) is 5.91 Å². The van der Waals surface area contributed by atoms with Crippen LogP contribution in [0.15, 0.2) is 0 Å².